The number of fused-ring (bicyclic) bond motifs is 1. The lowest BCUT2D eigenvalue weighted by atomic mass is 10.1. The van der Waals surface area contributed by atoms with Crippen LogP contribution in [0.1, 0.15) is 22.4 Å². The van der Waals surface area contributed by atoms with Crippen molar-refractivity contribution < 1.29 is 9.32 Å². The third kappa shape index (κ3) is 3.87. The van der Waals surface area contributed by atoms with Gasteiger partial charge in [0.05, 0.1) is 6.54 Å². The summed E-state index contributed by atoms with van der Waals surface area (Å²) in [6.45, 7) is 3.61. The molecule has 0 radical (unpaired) electrons. The number of rotatable bonds is 4. The molecule has 0 saturated heterocycles. The molecule has 0 atom stereocenters. The molecule has 1 aliphatic rings. The maximum atomic E-state index is 12.8. The minimum atomic E-state index is -0.0958. The molecule has 1 N–H and O–H groups in total. The van der Waals surface area contributed by atoms with Crippen LogP contribution in [0, 0.1) is 6.92 Å². The van der Waals surface area contributed by atoms with Gasteiger partial charge < -0.3 is 14.7 Å². The lowest BCUT2D eigenvalue weighted by molar-refractivity contribution is 0.191. The average Bonchev–Trinajstić information content (AvgIpc) is 3.44. The molecule has 4 aromatic rings. The van der Waals surface area contributed by atoms with Gasteiger partial charge in [-0.05, 0) is 12.5 Å². The molecule has 162 valence electrons. The second-order valence-corrected chi connectivity index (χ2v) is 8.00. The number of aryl methyl sites for hydroxylation is 2. The average molecular weight is 428 g/mol. The van der Waals surface area contributed by atoms with Gasteiger partial charge in [-0.15, -0.1) is 0 Å². The molecule has 8 nitrogen and oxygen atoms in total. The molecule has 0 saturated carbocycles. The molecular weight excluding hydrogens is 404 g/mol. The minimum Gasteiger partial charge on any atom is -0.334 e. The summed E-state index contributed by atoms with van der Waals surface area (Å²) >= 11 is 0. The molecule has 0 fully saturated rings. The van der Waals surface area contributed by atoms with Crippen LogP contribution in [0.5, 0.6) is 0 Å². The second-order valence-electron chi connectivity index (χ2n) is 8.00. The molecule has 0 spiro atoms. The van der Waals surface area contributed by atoms with Gasteiger partial charge in [-0.25, -0.2) is 4.79 Å². The van der Waals surface area contributed by atoms with Crippen molar-refractivity contribution in [2.45, 2.75) is 26.4 Å². The third-order valence-electron chi connectivity index (χ3n) is 5.75. The van der Waals surface area contributed by atoms with Crippen molar-refractivity contribution in [3.63, 3.8) is 0 Å². The first-order chi connectivity index (χ1) is 15.6. The molecule has 32 heavy (non-hydrogen) atoms. The third-order valence-corrected chi connectivity index (χ3v) is 5.75. The molecule has 3 heterocycles. The number of carbonyl (C=O) groups excluding carboxylic acids is 1. The molecule has 0 bridgehead atoms. The number of urea groups is 1. The Labute approximate surface area is 185 Å². The van der Waals surface area contributed by atoms with E-state index in [1.165, 1.54) is 5.56 Å². The van der Waals surface area contributed by atoms with Crippen LogP contribution in [-0.4, -0.2) is 37.4 Å². The van der Waals surface area contributed by atoms with Crippen molar-refractivity contribution in [3.8, 4) is 23.0 Å². The zero-order valence-corrected chi connectivity index (χ0v) is 18.1. The highest BCUT2D eigenvalue weighted by molar-refractivity contribution is 5.75. The van der Waals surface area contributed by atoms with Gasteiger partial charge in [-0.2, -0.15) is 10.1 Å². The van der Waals surface area contributed by atoms with E-state index >= 15 is 0 Å². The van der Waals surface area contributed by atoms with Crippen LogP contribution in [-0.2, 0) is 26.6 Å². The van der Waals surface area contributed by atoms with Gasteiger partial charge in [0.25, 0.3) is 5.89 Å². The number of carbonyl (C=O) groups is 1. The predicted octanol–water partition coefficient (Wildman–Crippen LogP) is 3.71. The van der Waals surface area contributed by atoms with Crippen LogP contribution in [0.4, 0.5) is 4.79 Å². The van der Waals surface area contributed by atoms with Crippen LogP contribution in [0.25, 0.3) is 23.0 Å². The van der Waals surface area contributed by atoms with Crippen molar-refractivity contribution in [2.24, 2.45) is 7.05 Å². The molecule has 0 unspecified atom stereocenters. The maximum absolute atomic E-state index is 12.8. The quantitative estimate of drug-likeness (QED) is 0.535. The second kappa shape index (κ2) is 8.30. The summed E-state index contributed by atoms with van der Waals surface area (Å²) < 4.78 is 7.39. The predicted molar refractivity (Wildman–Crippen MR) is 119 cm³/mol. The number of nitrogens with one attached hydrogen (secondary N) is 1. The summed E-state index contributed by atoms with van der Waals surface area (Å²) in [5.74, 6) is 0.881. The van der Waals surface area contributed by atoms with Crippen LogP contribution >= 0.6 is 0 Å². The highest BCUT2D eigenvalue weighted by atomic mass is 16.5. The van der Waals surface area contributed by atoms with E-state index < -0.39 is 0 Å². The van der Waals surface area contributed by atoms with Gasteiger partial charge in [-0.3, -0.25) is 4.68 Å². The van der Waals surface area contributed by atoms with E-state index in [1.807, 2.05) is 73.3 Å². The fourth-order valence-electron chi connectivity index (χ4n) is 3.96. The van der Waals surface area contributed by atoms with E-state index in [-0.39, 0.29) is 6.03 Å². The van der Waals surface area contributed by atoms with Gasteiger partial charge in [0, 0.05) is 43.4 Å². The summed E-state index contributed by atoms with van der Waals surface area (Å²) in [7, 11) is 1.91. The topological polar surface area (TPSA) is 89.1 Å². The zero-order valence-electron chi connectivity index (χ0n) is 18.1. The molecule has 5 rings (SSSR count). The number of benzene rings is 2. The van der Waals surface area contributed by atoms with Gasteiger partial charge >= 0.3 is 6.03 Å². The van der Waals surface area contributed by atoms with Crippen LogP contribution in [0.3, 0.4) is 0 Å². The molecule has 8 heteroatoms. The van der Waals surface area contributed by atoms with Crippen LogP contribution < -0.4 is 5.32 Å². The Hall–Kier alpha value is -3.94. The lowest BCUT2D eigenvalue weighted by Gasteiger charge is -2.27. The molecular formula is C24H24N6O2. The summed E-state index contributed by atoms with van der Waals surface area (Å²) in [5, 5.41) is 11.8. The van der Waals surface area contributed by atoms with Crippen LogP contribution in [0.15, 0.2) is 59.1 Å². The minimum absolute atomic E-state index is 0.0958. The van der Waals surface area contributed by atoms with Gasteiger partial charge in [-0.1, -0.05) is 65.3 Å². The Kier molecular flexibility index (Phi) is 5.18. The Morgan fingerprint density at radius 3 is 2.69 bits per heavy atom. The van der Waals surface area contributed by atoms with E-state index in [4.69, 9.17) is 4.52 Å². The standard InChI is InChI=1S/C24H24N6O2/c1-16-8-10-17(11-9-16)14-25-24(31)30-13-12-20-19(15-30)21(27-29(20)2)23-26-22(28-32-23)18-6-4-3-5-7-18/h3-11H,12-15H2,1-2H3,(H,25,31). The zero-order chi connectivity index (χ0) is 22.1. The van der Waals surface area contributed by atoms with Crippen molar-refractivity contribution in [1.29, 1.82) is 0 Å². The van der Waals surface area contributed by atoms with E-state index in [1.54, 1.807) is 4.90 Å². The van der Waals surface area contributed by atoms with E-state index in [9.17, 15) is 4.79 Å². The smallest absolute Gasteiger partial charge is 0.317 e. The fraction of sp³-hybridized carbons (Fsp3) is 0.250. The Balaban J connectivity index is 1.34. The first-order valence-corrected chi connectivity index (χ1v) is 10.6. The molecule has 0 aliphatic carbocycles. The summed E-state index contributed by atoms with van der Waals surface area (Å²) in [4.78, 5) is 19.2. The monoisotopic (exact) mass is 428 g/mol. The number of hydrogen-bond acceptors (Lipinski definition) is 5. The van der Waals surface area contributed by atoms with Crippen LogP contribution in [0.2, 0.25) is 0 Å². The van der Waals surface area contributed by atoms with Crippen molar-refractivity contribution >= 4 is 6.03 Å². The summed E-state index contributed by atoms with van der Waals surface area (Å²) in [5.41, 5.74) is 5.82. The molecule has 2 aromatic heterocycles. The summed E-state index contributed by atoms with van der Waals surface area (Å²) in [6.07, 6.45) is 0.719. The normalized spacial score (nSPS) is 13.1. The maximum Gasteiger partial charge on any atom is 0.317 e. The number of aromatic nitrogens is 4. The molecule has 2 amide bonds. The number of amides is 2. The van der Waals surface area contributed by atoms with Gasteiger partial charge in [0.15, 0.2) is 5.69 Å². The Morgan fingerprint density at radius 2 is 1.91 bits per heavy atom. The largest absolute Gasteiger partial charge is 0.334 e. The Morgan fingerprint density at radius 1 is 1.12 bits per heavy atom. The Bertz CT molecular complexity index is 1240. The first kappa shape index (κ1) is 20.0. The van der Waals surface area contributed by atoms with Crippen molar-refractivity contribution in [1.82, 2.24) is 30.1 Å². The van der Waals surface area contributed by atoms with E-state index in [0.717, 1.165) is 28.8 Å². The molecule has 1 aliphatic heterocycles. The SMILES string of the molecule is Cc1ccc(CNC(=O)N2CCc3c(c(-c4nc(-c5ccccc5)no4)nn3C)C2)cc1. The lowest BCUT2D eigenvalue weighted by Crippen LogP contribution is -2.42. The highest BCUT2D eigenvalue weighted by Gasteiger charge is 2.29. The van der Waals surface area contributed by atoms with Gasteiger partial charge in [0.2, 0.25) is 5.82 Å². The molecule has 2 aromatic carbocycles. The summed E-state index contributed by atoms with van der Waals surface area (Å²) in [6, 6.07) is 17.7. The fourth-order valence-corrected chi connectivity index (χ4v) is 3.96. The van der Waals surface area contributed by atoms with Crippen molar-refractivity contribution in [2.75, 3.05) is 6.54 Å². The van der Waals surface area contributed by atoms with Crippen molar-refractivity contribution in [3.05, 3.63) is 77.0 Å². The van der Waals surface area contributed by atoms with E-state index in [2.05, 4.69) is 20.6 Å². The number of nitrogens with zero attached hydrogens (tertiary/aromatic N) is 5. The first-order valence-electron chi connectivity index (χ1n) is 10.6. The number of hydrogen-bond donors (Lipinski definition) is 1. The van der Waals surface area contributed by atoms with Gasteiger partial charge in [0.1, 0.15) is 0 Å². The van der Waals surface area contributed by atoms with E-state index in [0.29, 0.717) is 37.0 Å². The highest BCUT2D eigenvalue weighted by Crippen LogP contribution is 2.30.